The third kappa shape index (κ3) is 3.48. The summed E-state index contributed by atoms with van der Waals surface area (Å²) in [6, 6.07) is 9.08. The van der Waals surface area contributed by atoms with Gasteiger partial charge in [-0.05, 0) is 30.7 Å². The summed E-state index contributed by atoms with van der Waals surface area (Å²) in [5.74, 6) is 1.29. The van der Waals surface area contributed by atoms with Crippen LogP contribution in [0.2, 0.25) is 10.0 Å². The minimum Gasteiger partial charge on any atom is -0.459 e. The molecule has 124 valence electrons. The van der Waals surface area contributed by atoms with E-state index >= 15 is 0 Å². The van der Waals surface area contributed by atoms with E-state index in [-0.39, 0.29) is 5.91 Å². The number of aromatic nitrogens is 1. The Labute approximate surface area is 153 Å². The molecule has 2 aromatic heterocycles. The van der Waals surface area contributed by atoms with Gasteiger partial charge in [0.1, 0.15) is 11.5 Å². The molecule has 0 radical (unpaired) electrons. The van der Waals surface area contributed by atoms with Crippen LogP contribution in [0.3, 0.4) is 0 Å². The predicted molar refractivity (Wildman–Crippen MR) is 96.8 cm³/mol. The number of carbonyl (C=O) groups excluding carboxylic acids is 1. The Balaban J connectivity index is 1.76. The first-order valence-corrected chi connectivity index (χ1v) is 8.80. The van der Waals surface area contributed by atoms with Crippen molar-refractivity contribution >= 4 is 40.4 Å². The van der Waals surface area contributed by atoms with Crippen LogP contribution < -0.4 is 0 Å². The van der Waals surface area contributed by atoms with E-state index in [1.54, 1.807) is 23.4 Å². The lowest BCUT2D eigenvalue weighted by molar-refractivity contribution is 0.0780. The number of amides is 1. The van der Waals surface area contributed by atoms with Crippen LogP contribution in [-0.4, -0.2) is 22.8 Å². The number of benzene rings is 1. The molecule has 0 fully saturated rings. The first-order valence-electron chi connectivity index (χ1n) is 7.16. The number of aryl methyl sites for hydroxylation is 1. The number of carbonyl (C=O) groups is 1. The fourth-order valence-electron chi connectivity index (χ4n) is 2.23. The van der Waals surface area contributed by atoms with Gasteiger partial charge in [-0.2, -0.15) is 0 Å². The average molecular weight is 381 g/mol. The lowest BCUT2D eigenvalue weighted by Gasteiger charge is -2.17. The van der Waals surface area contributed by atoms with E-state index in [0.29, 0.717) is 33.1 Å². The Hall–Kier alpha value is -1.82. The molecule has 0 aliphatic carbocycles. The summed E-state index contributed by atoms with van der Waals surface area (Å²) in [7, 11) is 1.70. The average Bonchev–Trinajstić information content (AvgIpc) is 3.19. The van der Waals surface area contributed by atoms with Gasteiger partial charge in [0, 0.05) is 19.0 Å². The van der Waals surface area contributed by atoms with Gasteiger partial charge in [-0.15, -0.1) is 11.3 Å². The SMILES string of the molecule is Cc1ccc(-c2nc(C(=O)N(C)Cc3cccc(Cl)c3Cl)cs2)o1. The van der Waals surface area contributed by atoms with E-state index in [4.69, 9.17) is 27.6 Å². The minimum atomic E-state index is -0.183. The second kappa shape index (κ2) is 6.97. The molecule has 0 bridgehead atoms. The lowest BCUT2D eigenvalue weighted by Crippen LogP contribution is -2.26. The molecule has 1 aromatic carbocycles. The molecule has 24 heavy (non-hydrogen) atoms. The zero-order chi connectivity index (χ0) is 17.3. The van der Waals surface area contributed by atoms with Gasteiger partial charge in [-0.25, -0.2) is 4.98 Å². The van der Waals surface area contributed by atoms with Crippen LogP contribution >= 0.6 is 34.5 Å². The predicted octanol–water partition coefficient (Wildman–Crippen LogP) is 5.29. The van der Waals surface area contributed by atoms with E-state index in [9.17, 15) is 4.79 Å². The van der Waals surface area contributed by atoms with E-state index in [1.165, 1.54) is 11.3 Å². The van der Waals surface area contributed by atoms with Crippen molar-refractivity contribution in [1.82, 2.24) is 9.88 Å². The zero-order valence-corrected chi connectivity index (χ0v) is 15.4. The summed E-state index contributed by atoms with van der Waals surface area (Å²) in [4.78, 5) is 18.5. The van der Waals surface area contributed by atoms with E-state index in [0.717, 1.165) is 11.3 Å². The number of furan rings is 1. The number of thiazole rings is 1. The molecule has 0 saturated carbocycles. The third-order valence-electron chi connectivity index (χ3n) is 3.46. The van der Waals surface area contributed by atoms with E-state index in [2.05, 4.69) is 4.98 Å². The van der Waals surface area contributed by atoms with Crippen LogP contribution in [0.5, 0.6) is 0 Å². The van der Waals surface area contributed by atoms with Gasteiger partial charge in [-0.3, -0.25) is 4.79 Å². The number of rotatable bonds is 4. The minimum absolute atomic E-state index is 0.183. The maximum Gasteiger partial charge on any atom is 0.273 e. The fourth-order valence-corrected chi connectivity index (χ4v) is 3.36. The molecular weight excluding hydrogens is 367 g/mol. The van der Waals surface area contributed by atoms with E-state index in [1.807, 2.05) is 31.2 Å². The molecule has 0 aliphatic heterocycles. The molecule has 0 unspecified atom stereocenters. The number of hydrogen-bond donors (Lipinski definition) is 0. The molecule has 0 spiro atoms. The molecule has 0 saturated heterocycles. The normalized spacial score (nSPS) is 10.8. The summed E-state index contributed by atoms with van der Waals surface area (Å²) in [5.41, 5.74) is 1.17. The summed E-state index contributed by atoms with van der Waals surface area (Å²) >= 11 is 13.6. The Bertz CT molecular complexity index is 888. The summed E-state index contributed by atoms with van der Waals surface area (Å²) in [5, 5.41) is 3.34. The smallest absolute Gasteiger partial charge is 0.273 e. The van der Waals surface area contributed by atoms with Gasteiger partial charge >= 0.3 is 0 Å². The van der Waals surface area contributed by atoms with Crippen LogP contribution in [0.25, 0.3) is 10.8 Å². The topological polar surface area (TPSA) is 46.3 Å². The second-order valence-electron chi connectivity index (χ2n) is 5.32. The molecule has 4 nitrogen and oxygen atoms in total. The van der Waals surface area contributed by atoms with Crippen molar-refractivity contribution in [1.29, 1.82) is 0 Å². The molecule has 2 heterocycles. The summed E-state index contributed by atoms with van der Waals surface area (Å²) < 4.78 is 5.54. The first-order chi connectivity index (χ1) is 11.5. The Morgan fingerprint density at radius 3 is 2.79 bits per heavy atom. The van der Waals surface area contributed by atoms with Crippen molar-refractivity contribution in [3.8, 4) is 10.8 Å². The van der Waals surface area contributed by atoms with Crippen molar-refractivity contribution in [2.45, 2.75) is 13.5 Å². The second-order valence-corrected chi connectivity index (χ2v) is 6.97. The Morgan fingerprint density at radius 1 is 1.29 bits per heavy atom. The highest BCUT2D eigenvalue weighted by atomic mass is 35.5. The maximum absolute atomic E-state index is 12.6. The number of hydrogen-bond acceptors (Lipinski definition) is 4. The quantitative estimate of drug-likeness (QED) is 0.617. The summed E-state index contributed by atoms with van der Waals surface area (Å²) in [6.45, 7) is 2.22. The van der Waals surface area contributed by atoms with Gasteiger partial charge in [0.15, 0.2) is 10.8 Å². The van der Waals surface area contributed by atoms with Crippen LogP contribution in [0.4, 0.5) is 0 Å². The molecule has 1 amide bonds. The largest absolute Gasteiger partial charge is 0.459 e. The van der Waals surface area contributed by atoms with Crippen LogP contribution in [0.1, 0.15) is 21.8 Å². The fraction of sp³-hybridized carbons (Fsp3) is 0.176. The van der Waals surface area contributed by atoms with Gasteiger partial charge in [0.05, 0.1) is 10.0 Å². The molecule has 7 heteroatoms. The molecule has 0 N–H and O–H groups in total. The number of nitrogens with zero attached hydrogens (tertiary/aromatic N) is 2. The van der Waals surface area contributed by atoms with Gasteiger partial charge in [0.25, 0.3) is 5.91 Å². The Morgan fingerprint density at radius 2 is 2.08 bits per heavy atom. The molecule has 3 aromatic rings. The molecule has 3 rings (SSSR count). The van der Waals surface area contributed by atoms with Gasteiger partial charge < -0.3 is 9.32 Å². The standard InChI is InChI=1S/C17H14Cl2N2O2S/c1-10-6-7-14(23-10)16-20-13(9-24-16)17(22)21(2)8-11-4-3-5-12(18)15(11)19/h3-7,9H,8H2,1-2H3. The number of halogens is 2. The van der Waals surface area contributed by atoms with Crippen molar-refractivity contribution < 1.29 is 9.21 Å². The van der Waals surface area contributed by atoms with Crippen LogP contribution in [0.15, 0.2) is 40.1 Å². The van der Waals surface area contributed by atoms with Gasteiger partial charge in [0.2, 0.25) is 0 Å². The Kier molecular flexibility index (Phi) is 4.94. The summed E-state index contributed by atoms with van der Waals surface area (Å²) in [6.07, 6.45) is 0. The van der Waals surface area contributed by atoms with E-state index < -0.39 is 0 Å². The van der Waals surface area contributed by atoms with Crippen LogP contribution in [-0.2, 0) is 6.54 Å². The maximum atomic E-state index is 12.6. The van der Waals surface area contributed by atoms with Crippen molar-refractivity contribution in [3.63, 3.8) is 0 Å². The zero-order valence-electron chi connectivity index (χ0n) is 13.0. The molecular formula is C17H14Cl2N2O2S. The third-order valence-corrected chi connectivity index (χ3v) is 5.18. The molecule has 0 atom stereocenters. The highest BCUT2D eigenvalue weighted by Crippen LogP contribution is 2.28. The van der Waals surface area contributed by atoms with Gasteiger partial charge in [-0.1, -0.05) is 35.3 Å². The van der Waals surface area contributed by atoms with Crippen molar-refractivity contribution in [2.24, 2.45) is 0 Å². The lowest BCUT2D eigenvalue weighted by atomic mass is 10.2. The van der Waals surface area contributed by atoms with Crippen molar-refractivity contribution in [2.75, 3.05) is 7.05 Å². The van der Waals surface area contributed by atoms with Crippen molar-refractivity contribution in [3.05, 3.63) is 62.8 Å². The molecule has 0 aliphatic rings. The monoisotopic (exact) mass is 380 g/mol. The highest BCUT2D eigenvalue weighted by Gasteiger charge is 2.18. The highest BCUT2D eigenvalue weighted by molar-refractivity contribution is 7.13. The van der Waals surface area contributed by atoms with Crippen LogP contribution in [0, 0.1) is 6.92 Å². The first kappa shape index (κ1) is 17.0.